The Kier molecular flexibility index (Phi) is 3.92. The van der Waals surface area contributed by atoms with E-state index >= 15 is 0 Å². The van der Waals surface area contributed by atoms with Gasteiger partial charge in [-0.05, 0) is 18.0 Å². The van der Waals surface area contributed by atoms with Crippen molar-refractivity contribution in [2.45, 2.75) is 13.7 Å². The molecule has 2 aromatic heterocycles. The maximum absolute atomic E-state index is 7.20. The Labute approximate surface area is 110 Å². The predicted molar refractivity (Wildman–Crippen MR) is 68.9 cm³/mol. The first-order valence-electron chi connectivity index (χ1n) is 4.41. The minimum atomic E-state index is -0.0883. The van der Waals surface area contributed by atoms with Gasteiger partial charge in [-0.1, -0.05) is 23.1 Å². The van der Waals surface area contributed by atoms with Gasteiger partial charge in [0.05, 0.1) is 12.4 Å². The van der Waals surface area contributed by atoms with Crippen molar-refractivity contribution in [3.63, 3.8) is 0 Å². The largest absolute Gasteiger partial charge is 0.382 e. The van der Waals surface area contributed by atoms with Crippen LogP contribution in [0.1, 0.15) is 5.69 Å². The lowest BCUT2D eigenvalue weighted by molar-refractivity contribution is 0.951. The summed E-state index contributed by atoms with van der Waals surface area (Å²) >= 11 is 4.46. The van der Waals surface area contributed by atoms with Crippen LogP contribution < -0.4 is 5.73 Å². The second-order valence-corrected chi connectivity index (χ2v) is 6.09. The zero-order chi connectivity index (χ0) is 12.3. The van der Waals surface area contributed by atoms with Crippen LogP contribution in [0.25, 0.3) is 0 Å². The SMILES string of the molecule is CSc1nnc(Sc2cnc(C(=N)N)cn2)s1. The number of rotatable bonds is 4. The van der Waals surface area contributed by atoms with E-state index in [-0.39, 0.29) is 5.84 Å². The third kappa shape index (κ3) is 3.14. The second-order valence-electron chi connectivity index (χ2n) is 2.79. The number of hydrogen-bond acceptors (Lipinski definition) is 8. The molecule has 17 heavy (non-hydrogen) atoms. The molecule has 2 aromatic rings. The van der Waals surface area contributed by atoms with Gasteiger partial charge in [-0.25, -0.2) is 9.97 Å². The Morgan fingerprint density at radius 2 is 2.06 bits per heavy atom. The molecular weight excluding hydrogens is 276 g/mol. The Morgan fingerprint density at radius 3 is 2.59 bits per heavy atom. The molecule has 2 heterocycles. The van der Waals surface area contributed by atoms with E-state index in [0.717, 1.165) is 8.68 Å². The number of nitrogens with two attached hydrogens (primary N) is 1. The van der Waals surface area contributed by atoms with Crippen molar-refractivity contribution in [2.24, 2.45) is 5.73 Å². The van der Waals surface area contributed by atoms with Gasteiger partial charge < -0.3 is 5.73 Å². The van der Waals surface area contributed by atoms with Crippen molar-refractivity contribution in [3.8, 4) is 0 Å². The van der Waals surface area contributed by atoms with Crippen molar-refractivity contribution >= 4 is 40.7 Å². The topological polar surface area (TPSA) is 101 Å². The first-order valence-corrected chi connectivity index (χ1v) is 7.26. The molecule has 0 unspecified atom stereocenters. The standard InChI is InChI=1S/C8H8N6S3/c1-15-7-13-14-8(17-7)16-5-3-11-4(2-12-5)6(9)10/h2-3H,1H3,(H3,9,10). The van der Waals surface area contributed by atoms with Gasteiger partial charge in [-0.3, -0.25) is 5.41 Å². The molecule has 0 radical (unpaired) electrons. The molecule has 0 spiro atoms. The minimum absolute atomic E-state index is 0.0883. The van der Waals surface area contributed by atoms with Crippen molar-refractivity contribution in [2.75, 3.05) is 6.26 Å². The molecule has 88 valence electrons. The summed E-state index contributed by atoms with van der Waals surface area (Å²) in [6, 6.07) is 0. The van der Waals surface area contributed by atoms with Crippen molar-refractivity contribution in [1.82, 2.24) is 20.2 Å². The van der Waals surface area contributed by atoms with Crippen molar-refractivity contribution in [1.29, 1.82) is 5.41 Å². The smallest absolute Gasteiger partial charge is 0.181 e. The summed E-state index contributed by atoms with van der Waals surface area (Å²) in [6.07, 6.45) is 5.00. The zero-order valence-electron chi connectivity index (χ0n) is 8.75. The monoisotopic (exact) mass is 284 g/mol. The minimum Gasteiger partial charge on any atom is -0.382 e. The third-order valence-electron chi connectivity index (χ3n) is 1.66. The number of nitrogens with one attached hydrogen (secondary N) is 1. The number of hydrogen-bond donors (Lipinski definition) is 2. The van der Waals surface area contributed by atoms with Crippen LogP contribution in [-0.2, 0) is 0 Å². The molecule has 2 rings (SSSR count). The highest BCUT2D eigenvalue weighted by Gasteiger charge is 2.07. The summed E-state index contributed by atoms with van der Waals surface area (Å²) in [4.78, 5) is 8.16. The van der Waals surface area contributed by atoms with Gasteiger partial charge in [0.1, 0.15) is 16.6 Å². The molecule has 3 N–H and O–H groups in total. The van der Waals surface area contributed by atoms with Gasteiger partial charge in [0, 0.05) is 0 Å². The van der Waals surface area contributed by atoms with Gasteiger partial charge in [0.25, 0.3) is 0 Å². The van der Waals surface area contributed by atoms with Gasteiger partial charge in [0.2, 0.25) is 0 Å². The lowest BCUT2D eigenvalue weighted by Crippen LogP contribution is -2.13. The summed E-state index contributed by atoms with van der Waals surface area (Å²) in [6.45, 7) is 0. The van der Waals surface area contributed by atoms with Crippen LogP contribution in [0.2, 0.25) is 0 Å². The van der Waals surface area contributed by atoms with Gasteiger partial charge in [-0.15, -0.1) is 10.2 Å². The number of nitrogen functional groups attached to an aromatic ring is 1. The van der Waals surface area contributed by atoms with E-state index in [0.29, 0.717) is 10.7 Å². The summed E-state index contributed by atoms with van der Waals surface area (Å²) < 4.78 is 1.74. The average Bonchev–Trinajstić information content (AvgIpc) is 2.77. The summed E-state index contributed by atoms with van der Waals surface area (Å²) in [5.74, 6) is -0.0883. The lowest BCUT2D eigenvalue weighted by Gasteiger charge is -1.98. The van der Waals surface area contributed by atoms with E-state index < -0.39 is 0 Å². The summed E-state index contributed by atoms with van der Waals surface area (Å²) in [5, 5.41) is 15.9. The maximum Gasteiger partial charge on any atom is 0.181 e. The van der Waals surface area contributed by atoms with Gasteiger partial charge in [0.15, 0.2) is 8.68 Å². The molecule has 0 bridgehead atoms. The van der Waals surface area contributed by atoms with Crippen LogP contribution in [0.4, 0.5) is 0 Å². The first kappa shape index (κ1) is 12.3. The van der Waals surface area contributed by atoms with Crippen molar-refractivity contribution < 1.29 is 0 Å². The molecule has 0 amide bonds. The summed E-state index contributed by atoms with van der Waals surface area (Å²) in [5.41, 5.74) is 5.66. The fraction of sp³-hybridized carbons (Fsp3) is 0.125. The van der Waals surface area contributed by atoms with E-state index in [1.165, 1.54) is 29.3 Å². The van der Waals surface area contributed by atoms with E-state index in [1.807, 2.05) is 6.26 Å². The van der Waals surface area contributed by atoms with Crippen molar-refractivity contribution in [3.05, 3.63) is 18.1 Å². The molecule has 0 aliphatic heterocycles. The fourth-order valence-electron chi connectivity index (χ4n) is 0.918. The van der Waals surface area contributed by atoms with E-state index in [2.05, 4.69) is 20.2 Å². The Hall–Kier alpha value is -1.19. The molecule has 0 aliphatic rings. The molecule has 0 aromatic carbocycles. The lowest BCUT2D eigenvalue weighted by atomic mass is 10.4. The number of amidine groups is 1. The number of thioether (sulfide) groups is 1. The van der Waals surface area contributed by atoms with Crippen LogP contribution in [0.15, 0.2) is 26.1 Å². The highest BCUT2D eigenvalue weighted by molar-refractivity contribution is 8.02. The van der Waals surface area contributed by atoms with Crippen LogP contribution in [0.3, 0.4) is 0 Å². The number of aromatic nitrogens is 4. The average molecular weight is 284 g/mol. The van der Waals surface area contributed by atoms with E-state index in [9.17, 15) is 0 Å². The molecule has 0 saturated heterocycles. The van der Waals surface area contributed by atoms with Crippen LogP contribution in [0.5, 0.6) is 0 Å². The Bertz CT molecular complexity index is 522. The van der Waals surface area contributed by atoms with E-state index in [4.69, 9.17) is 11.1 Å². The van der Waals surface area contributed by atoms with Gasteiger partial charge >= 0.3 is 0 Å². The Balaban J connectivity index is 2.10. The molecule has 0 atom stereocenters. The number of nitrogens with zero attached hydrogens (tertiary/aromatic N) is 4. The summed E-state index contributed by atoms with van der Waals surface area (Å²) in [7, 11) is 0. The molecule has 0 saturated carbocycles. The zero-order valence-corrected chi connectivity index (χ0v) is 11.2. The van der Waals surface area contributed by atoms with E-state index in [1.54, 1.807) is 18.0 Å². The van der Waals surface area contributed by atoms with Crippen LogP contribution in [0, 0.1) is 5.41 Å². The molecular formula is C8H8N6S3. The fourth-order valence-corrected chi connectivity index (χ4v) is 3.21. The maximum atomic E-state index is 7.20. The first-order chi connectivity index (χ1) is 8.19. The Morgan fingerprint density at radius 1 is 1.29 bits per heavy atom. The van der Waals surface area contributed by atoms with Crippen LogP contribution >= 0.6 is 34.9 Å². The van der Waals surface area contributed by atoms with Crippen LogP contribution in [-0.4, -0.2) is 32.3 Å². The highest BCUT2D eigenvalue weighted by atomic mass is 32.2. The molecule has 0 aliphatic carbocycles. The molecule has 6 nitrogen and oxygen atoms in total. The molecule has 9 heteroatoms. The normalized spacial score (nSPS) is 10.4. The second kappa shape index (κ2) is 5.43. The quantitative estimate of drug-likeness (QED) is 0.498. The van der Waals surface area contributed by atoms with Gasteiger partial charge in [-0.2, -0.15) is 0 Å². The third-order valence-corrected chi connectivity index (χ3v) is 4.53. The predicted octanol–water partition coefficient (Wildman–Crippen LogP) is 1.49. The molecule has 0 fully saturated rings. The highest BCUT2D eigenvalue weighted by Crippen LogP contribution is 2.31.